The zero-order chi connectivity index (χ0) is 24.7. The van der Waals surface area contributed by atoms with Crippen molar-refractivity contribution in [2.45, 2.75) is 78.6 Å². The summed E-state index contributed by atoms with van der Waals surface area (Å²) in [6, 6.07) is 8.24. The first-order chi connectivity index (χ1) is 16.3. The van der Waals surface area contributed by atoms with Crippen LogP contribution in [0.3, 0.4) is 0 Å². The van der Waals surface area contributed by atoms with E-state index in [1.54, 1.807) is 0 Å². The third-order valence-electron chi connectivity index (χ3n) is 7.13. The van der Waals surface area contributed by atoms with E-state index in [2.05, 4.69) is 33.8 Å². The molecule has 0 spiro atoms. The first-order valence-corrected chi connectivity index (χ1v) is 12.9. The highest BCUT2D eigenvalue weighted by Crippen LogP contribution is 2.49. The molecule has 0 saturated heterocycles. The minimum atomic E-state index is -0.0472. The van der Waals surface area contributed by atoms with Gasteiger partial charge >= 0.3 is 0 Å². The molecule has 0 radical (unpaired) electrons. The van der Waals surface area contributed by atoms with Gasteiger partial charge in [0.05, 0.1) is 0 Å². The Morgan fingerprint density at radius 2 is 1.62 bits per heavy atom. The van der Waals surface area contributed by atoms with Gasteiger partial charge in [0.2, 0.25) is 0 Å². The van der Waals surface area contributed by atoms with Crippen LogP contribution in [0.4, 0.5) is 0 Å². The molecule has 0 heterocycles. The molecule has 5 nitrogen and oxygen atoms in total. The summed E-state index contributed by atoms with van der Waals surface area (Å²) in [7, 11) is 0. The van der Waals surface area contributed by atoms with Gasteiger partial charge in [0.25, 0.3) is 0 Å². The minimum Gasteiger partial charge on any atom is -0.508 e. The normalized spacial score (nSPS) is 20.4. The van der Waals surface area contributed by atoms with Gasteiger partial charge < -0.3 is 24.8 Å². The number of unbranched alkanes of at least 4 members (excludes halogenated alkanes) is 2. The molecule has 34 heavy (non-hydrogen) atoms. The van der Waals surface area contributed by atoms with Crippen molar-refractivity contribution >= 4 is 0 Å². The summed E-state index contributed by atoms with van der Waals surface area (Å²) in [5, 5.41) is 30.5. The summed E-state index contributed by atoms with van der Waals surface area (Å²) in [4.78, 5) is 0. The van der Waals surface area contributed by atoms with Gasteiger partial charge in [-0.1, -0.05) is 47.0 Å². The fraction of sp³-hybridized carbons (Fsp3) is 0.586. The molecule has 1 saturated carbocycles. The molecule has 3 atom stereocenters. The number of hydrogen-bond acceptors (Lipinski definition) is 5. The molecule has 2 aromatic rings. The van der Waals surface area contributed by atoms with Gasteiger partial charge in [-0.05, 0) is 67.1 Å². The zero-order valence-electron chi connectivity index (χ0n) is 21.2. The van der Waals surface area contributed by atoms with Crippen molar-refractivity contribution in [1.82, 2.24) is 0 Å². The van der Waals surface area contributed by atoms with Crippen molar-refractivity contribution in [2.75, 3.05) is 13.2 Å². The van der Waals surface area contributed by atoms with E-state index >= 15 is 0 Å². The van der Waals surface area contributed by atoms with E-state index in [1.165, 1.54) is 37.5 Å². The Morgan fingerprint density at radius 1 is 0.912 bits per heavy atom. The Bertz CT molecular complexity index is 903. The lowest BCUT2D eigenvalue weighted by Crippen LogP contribution is -2.27. The second-order valence-corrected chi connectivity index (χ2v) is 10.3. The van der Waals surface area contributed by atoms with Crippen LogP contribution in [0.15, 0.2) is 30.3 Å². The zero-order valence-corrected chi connectivity index (χ0v) is 21.2. The molecule has 0 bridgehead atoms. The highest BCUT2D eigenvalue weighted by molar-refractivity contribution is 5.50. The monoisotopic (exact) mass is 470 g/mol. The maximum Gasteiger partial charge on any atom is 0.126 e. The molecular formula is C29H42O5. The van der Waals surface area contributed by atoms with Crippen LogP contribution in [0.5, 0.6) is 28.7 Å². The summed E-state index contributed by atoms with van der Waals surface area (Å²) < 4.78 is 11.9. The van der Waals surface area contributed by atoms with E-state index < -0.39 is 0 Å². The maximum absolute atomic E-state index is 11.2. The SMILES string of the molecule is CCCCCc1cc(O)c([C@@H]2C[C@H](C)CC[C@H]2C(C)C)c(OCCOc2cc(O)cc(O)c2)c1. The van der Waals surface area contributed by atoms with Crippen molar-refractivity contribution in [2.24, 2.45) is 17.8 Å². The second kappa shape index (κ2) is 12.2. The van der Waals surface area contributed by atoms with Gasteiger partial charge in [0.15, 0.2) is 0 Å². The second-order valence-electron chi connectivity index (χ2n) is 10.3. The van der Waals surface area contributed by atoms with Crippen LogP contribution in [-0.2, 0) is 6.42 Å². The molecule has 3 rings (SSSR count). The quantitative estimate of drug-likeness (QED) is 0.303. The van der Waals surface area contributed by atoms with Gasteiger partial charge in [0, 0.05) is 23.8 Å². The molecule has 3 N–H and O–H groups in total. The van der Waals surface area contributed by atoms with E-state index in [9.17, 15) is 15.3 Å². The number of phenols is 3. The largest absolute Gasteiger partial charge is 0.508 e. The smallest absolute Gasteiger partial charge is 0.126 e. The third kappa shape index (κ3) is 6.97. The molecule has 0 aromatic heterocycles. The summed E-state index contributed by atoms with van der Waals surface area (Å²) in [6.07, 6.45) is 7.80. The number of aromatic hydroxyl groups is 3. The number of rotatable bonds is 11. The predicted octanol–water partition coefficient (Wildman–Crippen LogP) is 7.17. The number of phenolic OH excluding ortho intramolecular Hbond substituents is 3. The van der Waals surface area contributed by atoms with Gasteiger partial charge in [-0.2, -0.15) is 0 Å². The van der Waals surface area contributed by atoms with Gasteiger partial charge in [-0.3, -0.25) is 0 Å². The molecule has 1 aliphatic carbocycles. The average molecular weight is 471 g/mol. The standard InChI is InChI=1S/C29H42O5/c1-5-6-7-8-21-14-27(32)29(26-13-20(4)9-10-25(26)19(2)3)28(15-21)34-12-11-33-24-17-22(30)16-23(31)18-24/h14-20,25-26,30-32H,5-13H2,1-4H3/t20-,25+,26-/m1/s1. The molecule has 0 unspecified atom stereocenters. The van der Waals surface area contributed by atoms with Crippen LogP contribution in [-0.4, -0.2) is 28.5 Å². The third-order valence-corrected chi connectivity index (χ3v) is 7.13. The Labute approximate surface area is 204 Å². The van der Waals surface area contributed by atoms with Crippen molar-refractivity contribution in [3.05, 3.63) is 41.5 Å². The molecule has 5 heteroatoms. The maximum atomic E-state index is 11.2. The fourth-order valence-electron chi connectivity index (χ4n) is 5.38. The fourth-order valence-corrected chi connectivity index (χ4v) is 5.38. The van der Waals surface area contributed by atoms with Crippen LogP contribution in [0.25, 0.3) is 0 Å². The minimum absolute atomic E-state index is 0.0472. The van der Waals surface area contributed by atoms with Crippen LogP contribution in [0.2, 0.25) is 0 Å². The summed E-state index contributed by atoms with van der Waals surface area (Å²) >= 11 is 0. The highest BCUT2D eigenvalue weighted by Gasteiger charge is 2.35. The Morgan fingerprint density at radius 3 is 2.29 bits per heavy atom. The van der Waals surface area contributed by atoms with E-state index in [0.717, 1.165) is 42.6 Å². The summed E-state index contributed by atoms with van der Waals surface area (Å²) in [6.45, 7) is 9.62. The lowest BCUT2D eigenvalue weighted by Gasteiger charge is -2.38. The molecule has 1 fully saturated rings. The Hall–Kier alpha value is -2.56. The number of hydrogen-bond donors (Lipinski definition) is 3. The molecule has 188 valence electrons. The van der Waals surface area contributed by atoms with Gasteiger partial charge in [-0.25, -0.2) is 0 Å². The van der Waals surface area contributed by atoms with Crippen molar-refractivity contribution in [3.8, 4) is 28.7 Å². The first-order valence-electron chi connectivity index (χ1n) is 12.9. The lowest BCUT2D eigenvalue weighted by molar-refractivity contribution is 0.182. The lowest BCUT2D eigenvalue weighted by atomic mass is 9.67. The van der Waals surface area contributed by atoms with Crippen molar-refractivity contribution in [3.63, 3.8) is 0 Å². The van der Waals surface area contributed by atoms with Crippen LogP contribution >= 0.6 is 0 Å². The van der Waals surface area contributed by atoms with E-state index in [-0.39, 0.29) is 24.0 Å². The number of aryl methyl sites for hydroxylation is 1. The molecular weight excluding hydrogens is 428 g/mol. The Kier molecular flexibility index (Phi) is 9.37. The number of ether oxygens (including phenoxy) is 2. The average Bonchev–Trinajstić information content (AvgIpc) is 2.76. The van der Waals surface area contributed by atoms with Crippen LogP contribution < -0.4 is 9.47 Å². The van der Waals surface area contributed by atoms with Crippen LogP contribution in [0.1, 0.15) is 83.3 Å². The van der Waals surface area contributed by atoms with Crippen molar-refractivity contribution in [1.29, 1.82) is 0 Å². The topological polar surface area (TPSA) is 79.2 Å². The molecule has 1 aliphatic rings. The summed E-state index contributed by atoms with van der Waals surface area (Å²) in [5.41, 5.74) is 2.05. The first kappa shape index (κ1) is 26.1. The Balaban J connectivity index is 1.81. The van der Waals surface area contributed by atoms with Crippen LogP contribution in [0, 0.1) is 17.8 Å². The summed E-state index contributed by atoms with van der Waals surface area (Å²) in [5.74, 6) is 3.36. The van der Waals surface area contributed by atoms with E-state index in [0.29, 0.717) is 35.9 Å². The highest BCUT2D eigenvalue weighted by atomic mass is 16.5. The predicted molar refractivity (Wildman–Crippen MR) is 136 cm³/mol. The molecule has 0 aliphatic heterocycles. The molecule has 0 amide bonds. The molecule has 2 aromatic carbocycles. The van der Waals surface area contributed by atoms with E-state index in [1.807, 2.05) is 6.07 Å². The number of benzene rings is 2. The van der Waals surface area contributed by atoms with E-state index in [4.69, 9.17) is 9.47 Å². The van der Waals surface area contributed by atoms with Gasteiger partial charge in [-0.15, -0.1) is 0 Å². The van der Waals surface area contributed by atoms with Gasteiger partial charge in [0.1, 0.15) is 42.0 Å². The van der Waals surface area contributed by atoms with Crippen molar-refractivity contribution < 1.29 is 24.8 Å².